The van der Waals surface area contributed by atoms with Gasteiger partial charge in [0.25, 0.3) is 5.91 Å². The van der Waals surface area contributed by atoms with Crippen LogP contribution in [0.4, 0.5) is 5.69 Å². The van der Waals surface area contributed by atoms with Crippen molar-refractivity contribution in [2.75, 3.05) is 18.5 Å². The summed E-state index contributed by atoms with van der Waals surface area (Å²) in [6.07, 6.45) is 0. The third kappa shape index (κ3) is 2.86. The van der Waals surface area contributed by atoms with Gasteiger partial charge < -0.3 is 14.8 Å². The van der Waals surface area contributed by atoms with Gasteiger partial charge in [0.05, 0.1) is 0 Å². The van der Waals surface area contributed by atoms with Crippen LogP contribution in [-0.2, 0) is 0 Å². The smallest absolute Gasteiger partial charge is 0.255 e. The van der Waals surface area contributed by atoms with Crippen molar-refractivity contribution in [1.29, 1.82) is 0 Å². The summed E-state index contributed by atoms with van der Waals surface area (Å²) in [4.78, 5) is 13.7. The van der Waals surface area contributed by atoms with E-state index in [-0.39, 0.29) is 5.91 Å². The van der Waals surface area contributed by atoms with Crippen LogP contribution in [0, 0.1) is 0 Å². The van der Waals surface area contributed by atoms with E-state index >= 15 is 0 Å². The minimum absolute atomic E-state index is 0.170. The fraction of sp³-hybridized carbons (Fsp3) is 0.105. The van der Waals surface area contributed by atoms with Crippen LogP contribution in [-0.4, -0.2) is 19.1 Å². The lowest BCUT2D eigenvalue weighted by atomic mass is 10.1. The van der Waals surface area contributed by atoms with Gasteiger partial charge in [0.15, 0.2) is 11.5 Å². The summed E-state index contributed by atoms with van der Waals surface area (Å²) in [5, 5.41) is 5.02. The summed E-state index contributed by atoms with van der Waals surface area (Å²) in [5.74, 6) is 1.12. The van der Waals surface area contributed by atoms with Crippen LogP contribution in [0.15, 0.2) is 60.0 Å². The van der Waals surface area contributed by atoms with Gasteiger partial charge >= 0.3 is 0 Å². The maximum atomic E-state index is 12.6. The van der Waals surface area contributed by atoms with E-state index in [1.807, 2.05) is 41.8 Å². The van der Waals surface area contributed by atoms with Crippen LogP contribution in [0.25, 0.3) is 10.4 Å². The molecule has 0 unspecified atom stereocenters. The average Bonchev–Trinajstić information content (AvgIpc) is 3.16. The fourth-order valence-electron chi connectivity index (χ4n) is 2.62. The summed E-state index contributed by atoms with van der Waals surface area (Å²) in [5.41, 5.74) is 2.35. The van der Waals surface area contributed by atoms with Gasteiger partial charge in [-0.3, -0.25) is 4.79 Å². The number of ether oxygens (including phenoxy) is 2. The zero-order valence-corrected chi connectivity index (χ0v) is 13.6. The van der Waals surface area contributed by atoms with Crippen molar-refractivity contribution in [3.8, 4) is 21.9 Å². The Bertz CT molecular complexity index is 874. The number of hydrogen-bond acceptors (Lipinski definition) is 4. The Morgan fingerprint density at radius 3 is 2.62 bits per heavy atom. The molecule has 3 aromatic rings. The number of thiophene rings is 1. The SMILES string of the molecule is O=C(Nc1ccccc1-c1cccs1)c1ccc2c(c1)OCCO2. The van der Waals surface area contributed by atoms with Crippen molar-refractivity contribution >= 4 is 22.9 Å². The third-order valence-electron chi connectivity index (χ3n) is 3.77. The lowest BCUT2D eigenvalue weighted by Crippen LogP contribution is -2.17. The normalized spacial score (nSPS) is 12.7. The van der Waals surface area contributed by atoms with Crippen molar-refractivity contribution in [2.45, 2.75) is 0 Å². The number of anilines is 1. The molecule has 4 rings (SSSR count). The van der Waals surface area contributed by atoms with Crippen LogP contribution < -0.4 is 14.8 Å². The van der Waals surface area contributed by atoms with Gasteiger partial charge in [0.2, 0.25) is 0 Å². The van der Waals surface area contributed by atoms with Gasteiger partial charge in [-0.15, -0.1) is 11.3 Å². The Balaban J connectivity index is 1.61. The minimum atomic E-state index is -0.170. The number of benzene rings is 2. The number of para-hydroxylation sites is 1. The molecule has 2 heterocycles. The second-order valence-electron chi connectivity index (χ2n) is 5.34. The molecule has 1 aliphatic rings. The molecule has 1 N–H and O–H groups in total. The van der Waals surface area contributed by atoms with Crippen LogP contribution in [0.2, 0.25) is 0 Å². The molecule has 0 saturated carbocycles. The van der Waals surface area contributed by atoms with Gasteiger partial charge in [-0.05, 0) is 35.7 Å². The second kappa shape index (κ2) is 6.37. The summed E-state index contributed by atoms with van der Waals surface area (Å²) in [6, 6.07) is 17.1. The number of amides is 1. The van der Waals surface area contributed by atoms with Gasteiger partial charge in [0.1, 0.15) is 13.2 Å². The van der Waals surface area contributed by atoms with E-state index in [1.54, 1.807) is 29.5 Å². The number of hydrogen-bond donors (Lipinski definition) is 1. The van der Waals surface area contributed by atoms with E-state index in [0.29, 0.717) is 30.3 Å². The summed E-state index contributed by atoms with van der Waals surface area (Å²) < 4.78 is 11.0. The fourth-order valence-corrected chi connectivity index (χ4v) is 3.38. The van der Waals surface area contributed by atoms with Crippen molar-refractivity contribution in [1.82, 2.24) is 0 Å². The lowest BCUT2D eigenvalue weighted by Gasteiger charge is -2.18. The quantitative estimate of drug-likeness (QED) is 0.769. The van der Waals surface area contributed by atoms with Gasteiger partial charge in [0, 0.05) is 21.7 Å². The molecule has 1 aliphatic heterocycles. The highest BCUT2D eigenvalue weighted by molar-refractivity contribution is 7.13. The molecule has 1 amide bonds. The number of carbonyl (C=O) groups excluding carboxylic acids is 1. The first-order valence-electron chi connectivity index (χ1n) is 7.65. The first kappa shape index (κ1) is 14.8. The molecule has 1 aromatic heterocycles. The molecule has 0 atom stereocenters. The molecule has 4 nitrogen and oxygen atoms in total. The number of nitrogens with one attached hydrogen (secondary N) is 1. The Labute approximate surface area is 143 Å². The van der Waals surface area contributed by atoms with E-state index in [9.17, 15) is 4.79 Å². The first-order chi connectivity index (χ1) is 11.8. The Morgan fingerprint density at radius 2 is 1.79 bits per heavy atom. The largest absolute Gasteiger partial charge is 0.486 e. The van der Waals surface area contributed by atoms with E-state index in [0.717, 1.165) is 16.1 Å². The van der Waals surface area contributed by atoms with Gasteiger partial charge in [-0.25, -0.2) is 0 Å². The average molecular weight is 337 g/mol. The predicted octanol–water partition coefficient (Wildman–Crippen LogP) is 4.44. The van der Waals surface area contributed by atoms with Gasteiger partial charge in [-0.1, -0.05) is 24.3 Å². The topological polar surface area (TPSA) is 47.6 Å². The molecule has 5 heteroatoms. The molecular weight excluding hydrogens is 322 g/mol. The molecule has 0 aliphatic carbocycles. The molecule has 2 aromatic carbocycles. The molecule has 0 radical (unpaired) electrons. The Kier molecular flexibility index (Phi) is 3.92. The van der Waals surface area contributed by atoms with Crippen molar-refractivity contribution < 1.29 is 14.3 Å². The van der Waals surface area contributed by atoms with Crippen LogP contribution >= 0.6 is 11.3 Å². The van der Waals surface area contributed by atoms with Gasteiger partial charge in [-0.2, -0.15) is 0 Å². The van der Waals surface area contributed by atoms with Crippen LogP contribution in [0.1, 0.15) is 10.4 Å². The highest BCUT2D eigenvalue weighted by Gasteiger charge is 2.16. The number of rotatable bonds is 3. The van der Waals surface area contributed by atoms with Crippen LogP contribution in [0.5, 0.6) is 11.5 Å². The first-order valence-corrected chi connectivity index (χ1v) is 8.53. The molecule has 0 spiro atoms. The maximum absolute atomic E-state index is 12.6. The zero-order chi connectivity index (χ0) is 16.4. The highest BCUT2D eigenvalue weighted by atomic mass is 32.1. The summed E-state index contributed by atoms with van der Waals surface area (Å²) in [7, 11) is 0. The summed E-state index contributed by atoms with van der Waals surface area (Å²) in [6.45, 7) is 1.03. The lowest BCUT2D eigenvalue weighted by molar-refractivity contribution is 0.102. The standard InChI is InChI=1S/C19H15NO3S/c21-19(13-7-8-16-17(12-13)23-10-9-22-16)20-15-5-2-1-4-14(15)18-6-3-11-24-18/h1-8,11-12H,9-10H2,(H,20,21). The van der Waals surface area contributed by atoms with E-state index in [2.05, 4.69) is 5.32 Å². The minimum Gasteiger partial charge on any atom is -0.486 e. The number of carbonyl (C=O) groups is 1. The molecule has 120 valence electrons. The zero-order valence-electron chi connectivity index (χ0n) is 12.8. The molecule has 0 bridgehead atoms. The Hall–Kier alpha value is -2.79. The third-order valence-corrected chi connectivity index (χ3v) is 4.67. The second-order valence-corrected chi connectivity index (χ2v) is 6.28. The van der Waals surface area contributed by atoms with E-state index in [1.165, 1.54) is 0 Å². The predicted molar refractivity (Wildman–Crippen MR) is 95.1 cm³/mol. The maximum Gasteiger partial charge on any atom is 0.255 e. The number of fused-ring (bicyclic) bond motifs is 1. The molecule has 0 saturated heterocycles. The van der Waals surface area contributed by atoms with E-state index in [4.69, 9.17) is 9.47 Å². The van der Waals surface area contributed by atoms with Crippen molar-refractivity contribution in [2.24, 2.45) is 0 Å². The van der Waals surface area contributed by atoms with Crippen molar-refractivity contribution in [3.05, 3.63) is 65.5 Å². The monoisotopic (exact) mass is 337 g/mol. The van der Waals surface area contributed by atoms with Crippen LogP contribution in [0.3, 0.4) is 0 Å². The van der Waals surface area contributed by atoms with Crippen molar-refractivity contribution in [3.63, 3.8) is 0 Å². The molecular formula is C19H15NO3S. The molecule has 24 heavy (non-hydrogen) atoms. The highest BCUT2D eigenvalue weighted by Crippen LogP contribution is 2.33. The summed E-state index contributed by atoms with van der Waals surface area (Å²) >= 11 is 1.64. The molecule has 0 fully saturated rings. The van der Waals surface area contributed by atoms with E-state index < -0.39 is 0 Å². The Morgan fingerprint density at radius 1 is 0.958 bits per heavy atom.